The Morgan fingerprint density at radius 2 is 1.61 bits per heavy atom. The van der Waals surface area contributed by atoms with E-state index in [4.69, 9.17) is 4.74 Å². The largest absolute Gasteiger partial charge is 0.439 e. The van der Waals surface area contributed by atoms with E-state index >= 15 is 0 Å². The Kier molecular flexibility index (Phi) is 5.49. The number of anilines is 1. The number of ether oxygens (including phenoxy) is 1. The van der Waals surface area contributed by atoms with Crippen LogP contribution in [0.4, 0.5) is 5.69 Å². The van der Waals surface area contributed by atoms with Gasteiger partial charge in [-0.25, -0.2) is 9.67 Å². The van der Waals surface area contributed by atoms with Crippen LogP contribution in [0.25, 0.3) is 5.82 Å². The summed E-state index contributed by atoms with van der Waals surface area (Å²) in [6.45, 7) is 7.71. The van der Waals surface area contributed by atoms with Gasteiger partial charge in [0.1, 0.15) is 11.6 Å². The van der Waals surface area contributed by atoms with Crippen molar-refractivity contribution in [2.24, 2.45) is 0 Å². The fraction of sp³-hybridized carbons (Fsp3) is 0.167. The van der Waals surface area contributed by atoms with Crippen LogP contribution in [0.5, 0.6) is 11.6 Å². The first kappa shape index (κ1) is 20.3. The average Bonchev–Trinajstić information content (AvgIpc) is 3.07. The van der Waals surface area contributed by atoms with Crippen LogP contribution in [-0.4, -0.2) is 25.7 Å². The molecule has 0 aliphatic heterocycles. The van der Waals surface area contributed by atoms with Gasteiger partial charge in [-0.3, -0.25) is 4.79 Å². The topological polar surface area (TPSA) is 81.9 Å². The number of hydrogen-bond acceptors (Lipinski definition) is 5. The van der Waals surface area contributed by atoms with Crippen LogP contribution in [0.2, 0.25) is 0 Å². The Balaban J connectivity index is 1.48. The highest BCUT2D eigenvalue weighted by molar-refractivity contribution is 6.04. The number of carbonyl (C=O) groups excluding carboxylic acids is 1. The summed E-state index contributed by atoms with van der Waals surface area (Å²) in [5.41, 5.74) is 4.30. The van der Waals surface area contributed by atoms with Crippen LogP contribution in [0.3, 0.4) is 0 Å². The molecule has 0 spiro atoms. The molecular formula is C24H23N5O2. The fourth-order valence-corrected chi connectivity index (χ4v) is 3.18. The molecule has 2 aromatic heterocycles. The van der Waals surface area contributed by atoms with E-state index < -0.39 is 0 Å². The Bertz CT molecular complexity index is 1230. The highest BCUT2D eigenvalue weighted by Gasteiger charge is 2.10. The van der Waals surface area contributed by atoms with Crippen LogP contribution in [-0.2, 0) is 0 Å². The molecule has 1 N–H and O–H groups in total. The lowest BCUT2D eigenvalue weighted by molar-refractivity contribution is 0.102. The minimum absolute atomic E-state index is 0.158. The monoisotopic (exact) mass is 413 g/mol. The van der Waals surface area contributed by atoms with Gasteiger partial charge in [0, 0.05) is 23.0 Å². The van der Waals surface area contributed by atoms with Gasteiger partial charge in [-0.2, -0.15) is 10.1 Å². The molecular weight excluding hydrogens is 390 g/mol. The first-order chi connectivity index (χ1) is 14.9. The van der Waals surface area contributed by atoms with Crippen LogP contribution >= 0.6 is 0 Å². The number of nitrogens with zero attached hydrogens (tertiary/aromatic N) is 4. The van der Waals surface area contributed by atoms with Crippen LogP contribution < -0.4 is 10.1 Å². The van der Waals surface area contributed by atoms with Crippen molar-refractivity contribution >= 4 is 11.6 Å². The Labute approximate surface area is 180 Å². The third-order valence-corrected chi connectivity index (χ3v) is 4.68. The number of benzene rings is 2. The predicted molar refractivity (Wildman–Crippen MR) is 119 cm³/mol. The standard InChI is InChI=1S/C24H23N5O2/c1-15-5-7-19(8-6-15)24(30)27-20-9-11-21(12-10-20)31-23-14-22(25-18(4)26-23)29-17(3)13-16(2)28-29/h5-14H,1-4H3,(H,27,30). The highest BCUT2D eigenvalue weighted by Crippen LogP contribution is 2.24. The molecule has 7 nitrogen and oxygen atoms in total. The van der Waals surface area contributed by atoms with E-state index in [2.05, 4.69) is 20.4 Å². The molecule has 2 aromatic carbocycles. The number of carbonyl (C=O) groups is 1. The summed E-state index contributed by atoms with van der Waals surface area (Å²) in [6, 6.07) is 18.3. The summed E-state index contributed by atoms with van der Waals surface area (Å²) in [5.74, 6) is 2.10. The molecule has 4 aromatic rings. The minimum atomic E-state index is -0.158. The lowest BCUT2D eigenvalue weighted by Gasteiger charge is -2.10. The quantitative estimate of drug-likeness (QED) is 0.501. The summed E-state index contributed by atoms with van der Waals surface area (Å²) in [6.07, 6.45) is 0. The van der Waals surface area contributed by atoms with E-state index in [0.29, 0.717) is 34.5 Å². The van der Waals surface area contributed by atoms with Gasteiger partial charge in [-0.15, -0.1) is 0 Å². The smallest absolute Gasteiger partial charge is 0.255 e. The van der Waals surface area contributed by atoms with Crippen molar-refractivity contribution in [1.82, 2.24) is 19.7 Å². The van der Waals surface area contributed by atoms with E-state index in [-0.39, 0.29) is 5.91 Å². The Hall–Kier alpha value is -4.00. The molecule has 2 heterocycles. The summed E-state index contributed by atoms with van der Waals surface area (Å²) in [4.78, 5) is 21.2. The molecule has 0 atom stereocenters. The highest BCUT2D eigenvalue weighted by atomic mass is 16.5. The zero-order valence-corrected chi connectivity index (χ0v) is 17.9. The molecule has 0 saturated heterocycles. The van der Waals surface area contributed by atoms with Gasteiger partial charge < -0.3 is 10.1 Å². The summed E-state index contributed by atoms with van der Waals surface area (Å²) < 4.78 is 7.69. The van der Waals surface area contributed by atoms with Gasteiger partial charge in [0.15, 0.2) is 5.82 Å². The molecule has 1 amide bonds. The molecule has 156 valence electrons. The molecule has 4 rings (SSSR count). The van der Waals surface area contributed by atoms with Crippen LogP contribution in [0, 0.1) is 27.7 Å². The summed E-state index contributed by atoms with van der Waals surface area (Å²) in [7, 11) is 0. The van der Waals surface area contributed by atoms with Crippen molar-refractivity contribution in [1.29, 1.82) is 0 Å². The number of rotatable bonds is 5. The third-order valence-electron chi connectivity index (χ3n) is 4.68. The second-order valence-electron chi connectivity index (χ2n) is 7.40. The van der Waals surface area contributed by atoms with Crippen LogP contribution in [0.15, 0.2) is 60.7 Å². The lowest BCUT2D eigenvalue weighted by Crippen LogP contribution is -2.11. The molecule has 31 heavy (non-hydrogen) atoms. The van der Waals surface area contributed by atoms with Crippen LogP contribution in [0.1, 0.15) is 33.1 Å². The van der Waals surface area contributed by atoms with E-state index in [9.17, 15) is 4.79 Å². The second kappa shape index (κ2) is 8.39. The van der Waals surface area contributed by atoms with E-state index in [0.717, 1.165) is 17.0 Å². The van der Waals surface area contributed by atoms with Gasteiger partial charge in [0.05, 0.1) is 5.69 Å². The van der Waals surface area contributed by atoms with Crippen molar-refractivity contribution in [2.75, 3.05) is 5.32 Å². The summed E-state index contributed by atoms with van der Waals surface area (Å²) in [5, 5.41) is 7.35. The number of hydrogen-bond donors (Lipinski definition) is 1. The maximum atomic E-state index is 12.4. The first-order valence-electron chi connectivity index (χ1n) is 9.93. The molecule has 7 heteroatoms. The SMILES string of the molecule is Cc1ccc(C(=O)Nc2ccc(Oc3cc(-n4nc(C)cc4C)nc(C)n3)cc2)cc1. The van der Waals surface area contributed by atoms with Gasteiger partial charge >= 0.3 is 0 Å². The van der Waals surface area contributed by atoms with Gasteiger partial charge in [-0.05, 0) is 70.2 Å². The number of aromatic nitrogens is 4. The van der Waals surface area contributed by atoms with Gasteiger partial charge in [0.25, 0.3) is 5.91 Å². The Morgan fingerprint density at radius 1 is 0.903 bits per heavy atom. The van der Waals surface area contributed by atoms with E-state index in [1.54, 1.807) is 47.1 Å². The van der Waals surface area contributed by atoms with Crippen molar-refractivity contribution < 1.29 is 9.53 Å². The van der Waals surface area contributed by atoms with E-state index in [1.807, 2.05) is 45.9 Å². The van der Waals surface area contributed by atoms with Crippen molar-refractivity contribution in [2.45, 2.75) is 27.7 Å². The molecule has 0 bridgehead atoms. The number of amides is 1. The molecule has 0 radical (unpaired) electrons. The second-order valence-corrected chi connectivity index (χ2v) is 7.40. The number of aryl methyl sites for hydroxylation is 4. The fourth-order valence-electron chi connectivity index (χ4n) is 3.18. The molecule has 0 fully saturated rings. The molecule has 0 aliphatic carbocycles. The zero-order valence-electron chi connectivity index (χ0n) is 17.9. The van der Waals surface area contributed by atoms with Crippen molar-refractivity contribution in [3.8, 4) is 17.4 Å². The minimum Gasteiger partial charge on any atom is -0.439 e. The maximum Gasteiger partial charge on any atom is 0.255 e. The maximum absolute atomic E-state index is 12.4. The Morgan fingerprint density at radius 3 is 2.26 bits per heavy atom. The first-order valence-corrected chi connectivity index (χ1v) is 9.93. The average molecular weight is 413 g/mol. The predicted octanol–water partition coefficient (Wildman–Crippen LogP) is 4.94. The van der Waals surface area contributed by atoms with Gasteiger partial charge in [0.2, 0.25) is 5.88 Å². The zero-order chi connectivity index (χ0) is 22.0. The van der Waals surface area contributed by atoms with Gasteiger partial charge in [-0.1, -0.05) is 17.7 Å². The number of nitrogens with one attached hydrogen (secondary N) is 1. The third kappa shape index (κ3) is 4.78. The molecule has 0 aliphatic rings. The van der Waals surface area contributed by atoms with E-state index in [1.165, 1.54) is 0 Å². The van der Waals surface area contributed by atoms with Crippen molar-refractivity contribution in [3.05, 3.63) is 89.0 Å². The molecule has 0 unspecified atom stereocenters. The lowest BCUT2D eigenvalue weighted by atomic mass is 10.1. The summed E-state index contributed by atoms with van der Waals surface area (Å²) >= 11 is 0. The normalized spacial score (nSPS) is 10.7. The van der Waals surface area contributed by atoms with Crippen molar-refractivity contribution in [3.63, 3.8) is 0 Å². The molecule has 0 saturated carbocycles.